The Bertz CT molecular complexity index is 441. The molecule has 1 aliphatic rings. The number of hydrogen-bond acceptors (Lipinski definition) is 2. The van der Waals surface area contributed by atoms with Gasteiger partial charge in [-0.1, -0.05) is 22.9 Å². The molecule has 1 saturated heterocycles. The Kier molecular flexibility index (Phi) is 4.10. The standard InChI is InChI=1S/C13H20BrN3O/c1-9(14)7-11-5-4-6-17(11)13(18)12-8-15-16(3)10(12)2/h8-9,11H,4-7H2,1-3H3. The fourth-order valence-electron chi connectivity index (χ4n) is 2.59. The van der Waals surface area contributed by atoms with Crippen LogP contribution >= 0.6 is 15.9 Å². The summed E-state index contributed by atoms with van der Waals surface area (Å²) in [5, 5.41) is 4.15. The van der Waals surface area contributed by atoms with Gasteiger partial charge in [0.25, 0.3) is 5.91 Å². The van der Waals surface area contributed by atoms with E-state index in [9.17, 15) is 4.79 Å². The van der Waals surface area contributed by atoms with Crippen molar-refractivity contribution >= 4 is 21.8 Å². The number of amides is 1. The van der Waals surface area contributed by atoms with E-state index >= 15 is 0 Å². The first-order valence-electron chi connectivity index (χ1n) is 6.44. The molecule has 100 valence electrons. The largest absolute Gasteiger partial charge is 0.336 e. The molecule has 1 aromatic rings. The lowest BCUT2D eigenvalue weighted by molar-refractivity contribution is 0.0730. The summed E-state index contributed by atoms with van der Waals surface area (Å²) in [4.78, 5) is 15.0. The number of nitrogens with zero attached hydrogens (tertiary/aromatic N) is 3. The molecule has 0 radical (unpaired) electrons. The predicted molar refractivity (Wildman–Crippen MR) is 75.0 cm³/mol. The van der Waals surface area contributed by atoms with Crippen molar-refractivity contribution in [3.63, 3.8) is 0 Å². The molecule has 2 rings (SSSR count). The minimum atomic E-state index is 0.135. The van der Waals surface area contributed by atoms with Crippen LogP contribution in [0.2, 0.25) is 0 Å². The van der Waals surface area contributed by atoms with Crippen LogP contribution in [0, 0.1) is 6.92 Å². The first-order chi connectivity index (χ1) is 8.50. The molecule has 2 heterocycles. The molecule has 1 aliphatic heterocycles. The molecule has 0 aliphatic carbocycles. The van der Waals surface area contributed by atoms with Gasteiger partial charge in [-0.3, -0.25) is 9.48 Å². The highest BCUT2D eigenvalue weighted by atomic mass is 79.9. The number of aryl methyl sites for hydroxylation is 1. The van der Waals surface area contributed by atoms with E-state index in [0.717, 1.165) is 37.1 Å². The molecule has 0 aromatic carbocycles. The molecule has 1 amide bonds. The SMILES string of the molecule is Cc1c(C(=O)N2CCCC2CC(C)Br)cnn1C. The van der Waals surface area contributed by atoms with Crippen molar-refractivity contribution in [1.82, 2.24) is 14.7 Å². The number of aromatic nitrogens is 2. The average Bonchev–Trinajstić information content (AvgIpc) is 2.87. The quantitative estimate of drug-likeness (QED) is 0.804. The third-order valence-corrected chi connectivity index (χ3v) is 4.07. The zero-order valence-corrected chi connectivity index (χ0v) is 12.8. The fourth-order valence-corrected chi connectivity index (χ4v) is 3.02. The van der Waals surface area contributed by atoms with E-state index in [1.165, 1.54) is 0 Å². The van der Waals surface area contributed by atoms with Gasteiger partial charge >= 0.3 is 0 Å². The van der Waals surface area contributed by atoms with Crippen molar-refractivity contribution in [1.29, 1.82) is 0 Å². The van der Waals surface area contributed by atoms with Gasteiger partial charge in [0.15, 0.2) is 0 Å². The molecule has 2 atom stereocenters. The molecule has 5 heteroatoms. The van der Waals surface area contributed by atoms with E-state index in [1.807, 2.05) is 18.9 Å². The number of rotatable bonds is 3. The van der Waals surface area contributed by atoms with Crippen molar-refractivity contribution in [2.24, 2.45) is 7.05 Å². The third-order valence-electron chi connectivity index (χ3n) is 3.70. The van der Waals surface area contributed by atoms with Crippen LogP contribution in [0.1, 0.15) is 42.2 Å². The number of likely N-dealkylation sites (tertiary alicyclic amines) is 1. The van der Waals surface area contributed by atoms with Crippen molar-refractivity contribution in [2.45, 2.75) is 44.0 Å². The van der Waals surface area contributed by atoms with Gasteiger partial charge < -0.3 is 4.90 Å². The Balaban J connectivity index is 2.15. The second-order valence-electron chi connectivity index (χ2n) is 5.08. The van der Waals surface area contributed by atoms with Gasteiger partial charge in [0.1, 0.15) is 0 Å². The summed E-state index contributed by atoms with van der Waals surface area (Å²) in [6, 6.07) is 0.367. The highest BCUT2D eigenvalue weighted by molar-refractivity contribution is 9.09. The van der Waals surface area contributed by atoms with Crippen molar-refractivity contribution in [3.8, 4) is 0 Å². The predicted octanol–water partition coefficient (Wildman–Crippen LogP) is 2.51. The first-order valence-corrected chi connectivity index (χ1v) is 7.36. The summed E-state index contributed by atoms with van der Waals surface area (Å²) in [6.07, 6.45) is 4.92. The molecule has 1 aromatic heterocycles. The Morgan fingerprint density at radius 1 is 1.67 bits per heavy atom. The highest BCUT2D eigenvalue weighted by Crippen LogP contribution is 2.26. The van der Waals surface area contributed by atoms with Gasteiger partial charge in [0.05, 0.1) is 11.8 Å². The second kappa shape index (κ2) is 5.43. The van der Waals surface area contributed by atoms with Crippen LogP contribution in [0.15, 0.2) is 6.20 Å². The molecule has 2 unspecified atom stereocenters. The van der Waals surface area contributed by atoms with E-state index in [2.05, 4.69) is 28.0 Å². The summed E-state index contributed by atoms with van der Waals surface area (Å²) in [6.45, 7) is 4.95. The van der Waals surface area contributed by atoms with Gasteiger partial charge in [0, 0.05) is 30.2 Å². The van der Waals surface area contributed by atoms with Gasteiger partial charge in [-0.25, -0.2) is 0 Å². The van der Waals surface area contributed by atoms with Gasteiger partial charge in [0.2, 0.25) is 0 Å². The molecule has 0 saturated carbocycles. The van der Waals surface area contributed by atoms with Crippen LogP contribution < -0.4 is 0 Å². The average molecular weight is 314 g/mol. The Labute approximate surface area is 116 Å². The summed E-state index contributed by atoms with van der Waals surface area (Å²) in [5.74, 6) is 0.135. The van der Waals surface area contributed by atoms with Crippen molar-refractivity contribution < 1.29 is 4.79 Å². The Morgan fingerprint density at radius 2 is 2.39 bits per heavy atom. The first kappa shape index (κ1) is 13.6. The number of alkyl halides is 1. The molecule has 4 nitrogen and oxygen atoms in total. The lowest BCUT2D eigenvalue weighted by atomic mass is 10.1. The second-order valence-corrected chi connectivity index (χ2v) is 6.64. The third kappa shape index (κ3) is 2.60. The van der Waals surface area contributed by atoms with E-state index < -0.39 is 0 Å². The zero-order chi connectivity index (χ0) is 13.3. The maximum Gasteiger partial charge on any atom is 0.257 e. The zero-order valence-electron chi connectivity index (χ0n) is 11.2. The molecule has 0 N–H and O–H groups in total. The van der Waals surface area contributed by atoms with E-state index in [1.54, 1.807) is 10.9 Å². The van der Waals surface area contributed by atoms with E-state index in [0.29, 0.717) is 10.9 Å². The number of hydrogen-bond donors (Lipinski definition) is 0. The molecular weight excluding hydrogens is 294 g/mol. The van der Waals surface area contributed by atoms with Crippen molar-refractivity contribution in [3.05, 3.63) is 17.5 Å². The number of carbonyl (C=O) groups is 1. The normalized spacial score (nSPS) is 21.3. The van der Waals surface area contributed by atoms with Crippen molar-refractivity contribution in [2.75, 3.05) is 6.54 Å². The van der Waals surface area contributed by atoms with Crippen LogP contribution in [0.5, 0.6) is 0 Å². The number of halogens is 1. The maximum absolute atomic E-state index is 12.5. The fraction of sp³-hybridized carbons (Fsp3) is 0.692. The van der Waals surface area contributed by atoms with Crippen LogP contribution in [-0.4, -0.2) is 38.0 Å². The topological polar surface area (TPSA) is 38.1 Å². The van der Waals surface area contributed by atoms with Gasteiger partial charge in [-0.2, -0.15) is 5.10 Å². The van der Waals surface area contributed by atoms with Crippen LogP contribution in [0.4, 0.5) is 0 Å². The maximum atomic E-state index is 12.5. The lowest BCUT2D eigenvalue weighted by Crippen LogP contribution is -2.36. The van der Waals surface area contributed by atoms with Gasteiger partial charge in [-0.15, -0.1) is 0 Å². The molecular formula is C13H20BrN3O. The summed E-state index contributed by atoms with van der Waals surface area (Å²) >= 11 is 3.58. The minimum absolute atomic E-state index is 0.135. The molecule has 0 bridgehead atoms. The summed E-state index contributed by atoms with van der Waals surface area (Å²) in [7, 11) is 1.87. The smallest absolute Gasteiger partial charge is 0.257 e. The Morgan fingerprint density at radius 3 is 2.94 bits per heavy atom. The van der Waals surface area contributed by atoms with Crippen LogP contribution in [0.25, 0.3) is 0 Å². The summed E-state index contributed by atoms with van der Waals surface area (Å²) < 4.78 is 1.76. The van der Waals surface area contributed by atoms with Gasteiger partial charge in [-0.05, 0) is 26.2 Å². The molecule has 18 heavy (non-hydrogen) atoms. The summed E-state index contributed by atoms with van der Waals surface area (Å²) in [5.41, 5.74) is 1.68. The Hall–Kier alpha value is -0.840. The number of carbonyl (C=O) groups excluding carboxylic acids is 1. The van der Waals surface area contributed by atoms with Crippen LogP contribution in [0.3, 0.4) is 0 Å². The minimum Gasteiger partial charge on any atom is -0.336 e. The highest BCUT2D eigenvalue weighted by Gasteiger charge is 2.31. The molecule has 1 fully saturated rings. The monoisotopic (exact) mass is 313 g/mol. The molecule has 0 spiro atoms. The lowest BCUT2D eigenvalue weighted by Gasteiger charge is -2.25. The van der Waals surface area contributed by atoms with Crippen LogP contribution in [-0.2, 0) is 7.05 Å². The van der Waals surface area contributed by atoms with E-state index in [-0.39, 0.29) is 5.91 Å². The van der Waals surface area contributed by atoms with E-state index in [4.69, 9.17) is 0 Å².